The van der Waals surface area contributed by atoms with Crippen LogP contribution in [0.15, 0.2) is 59.5 Å². The van der Waals surface area contributed by atoms with E-state index in [2.05, 4.69) is 19.2 Å². The van der Waals surface area contributed by atoms with Gasteiger partial charge in [-0.15, -0.1) is 0 Å². The number of hydrogen-bond donors (Lipinski definition) is 1. The summed E-state index contributed by atoms with van der Waals surface area (Å²) in [6.45, 7) is 6.76. The lowest BCUT2D eigenvalue weighted by Crippen LogP contribution is -2.24. The van der Waals surface area contributed by atoms with E-state index >= 15 is 0 Å². The van der Waals surface area contributed by atoms with E-state index < -0.39 is 0 Å². The molecule has 1 aromatic heterocycles. The van der Waals surface area contributed by atoms with Crippen LogP contribution in [-0.2, 0) is 11.3 Å². The van der Waals surface area contributed by atoms with Crippen LogP contribution in [0.3, 0.4) is 0 Å². The molecule has 0 aliphatic carbocycles. The highest BCUT2D eigenvalue weighted by Crippen LogP contribution is 2.23. The topological polar surface area (TPSA) is 60.3 Å². The second kappa shape index (κ2) is 8.74. The van der Waals surface area contributed by atoms with Crippen LogP contribution in [0.4, 0.5) is 5.69 Å². The zero-order chi connectivity index (χ0) is 20.1. The van der Waals surface area contributed by atoms with Crippen molar-refractivity contribution in [3.63, 3.8) is 0 Å². The van der Waals surface area contributed by atoms with Gasteiger partial charge in [0.05, 0.1) is 5.69 Å². The highest BCUT2D eigenvalue weighted by molar-refractivity contribution is 6.02. The SMILES string of the molecule is Cc1c(OCC(=O)Nc2cccc3ccccc23)c(=O)ccn1CCC(C)C. The van der Waals surface area contributed by atoms with Crippen molar-refractivity contribution < 1.29 is 9.53 Å². The monoisotopic (exact) mass is 378 g/mol. The number of carbonyl (C=O) groups excluding carboxylic acids is 1. The number of aromatic nitrogens is 1. The minimum atomic E-state index is -0.298. The van der Waals surface area contributed by atoms with E-state index in [1.807, 2.05) is 54.0 Å². The van der Waals surface area contributed by atoms with E-state index in [1.165, 1.54) is 6.07 Å². The summed E-state index contributed by atoms with van der Waals surface area (Å²) in [7, 11) is 0. The summed E-state index contributed by atoms with van der Waals surface area (Å²) in [5, 5.41) is 4.89. The van der Waals surface area contributed by atoms with Gasteiger partial charge in [-0.2, -0.15) is 0 Å². The summed E-state index contributed by atoms with van der Waals surface area (Å²) in [6, 6.07) is 15.1. The first kappa shape index (κ1) is 19.7. The molecule has 0 aliphatic heterocycles. The summed E-state index contributed by atoms with van der Waals surface area (Å²) in [4.78, 5) is 24.6. The van der Waals surface area contributed by atoms with Crippen molar-refractivity contribution in [3.8, 4) is 5.75 Å². The van der Waals surface area contributed by atoms with Gasteiger partial charge in [-0.1, -0.05) is 50.2 Å². The van der Waals surface area contributed by atoms with Gasteiger partial charge in [0.2, 0.25) is 5.43 Å². The van der Waals surface area contributed by atoms with Crippen molar-refractivity contribution in [2.24, 2.45) is 5.92 Å². The number of carbonyl (C=O) groups is 1. The van der Waals surface area contributed by atoms with Gasteiger partial charge in [0, 0.05) is 29.9 Å². The van der Waals surface area contributed by atoms with Crippen LogP contribution in [0.25, 0.3) is 10.8 Å². The molecule has 0 unspecified atom stereocenters. The molecule has 146 valence electrons. The highest BCUT2D eigenvalue weighted by atomic mass is 16.5. The summed E-state index contributed by atoms with van der Waals surface area (Å²) in [5.74, 6) is 0.502. The molecule has 1 amide bonds. The van der Waals surface area contributed by atoms with Crippen molar-refractivity contribution >= 4 is 22.4 Å². The molecule has 28 heavy (non-hydrogen) atoms. The van der Waals surface area contributed by atoms with E-state index in [0.717, 1.165) is 35.1 Å². The van der Waals surface area contributed by atoms with E-state index in [4.69, 9.17) is 4.74 Å². The Balaban J connectivity index is 1.70. The molecule has 0 radical (unpaired) electrons. The number of amides is 1. The number of nitrogens with one attached hydrogen (secondary N) is 1. The molecule has 0 saturated carbocycles. The van der Waals surface area contributed by atoms with Crippen LogP contribution in [0.5, 0.6) is 5.75 Å². The van der Waals surface area contributed by atoms with Crippen LogP contribution in [0, 0.1) is 12.8 Å². The van der Waals surface area contributed by atoms with E-state index in [-0.39, 0.29) is 23.7 Å². The Kier molecular flexibility index (Phi) is 6.14. The Morgan fingerprint density at radius 2 is 1.86 bits per heavy atom. The maximum Gasteiger partial charge on any atom is 0.262 e. The largest absolute Gasteiger partial charge is 0.478 e. The van der Waals surface area contributed by atoms with E-state index in [9.17, 15) is 9.59 Å². The standard InChI is InChI=1S/C23H26N2O3/c1-16(2)11-13-25-14-12-21(26)23(17(25)3)28-15-22(27)24-20-10-6-8-18-7-4-5-9-19(18)20/h4-10,12,14,16H,11,13,15H2,1-3H3,(H,24,27). The first-order chi connectivity index (χ1) is 13.5. The van der Waals surface area contributed by atoms with Gasteiger partial charge in [-0.3, -0.25) is 9.59 Å². The van der Waals surface area contributed by atoms with Gasteiger partial charge in [-0.25, -0.2) is 0 Å². The lowest BCUT2D eigenvalue weighted by Gasteiger charge is -2.16. The molecular weight excluding hydrogens is 352 g/mol. The lowest BCUT2D eigenvalue weighted by molar-refractivity contribution is -0.118. The van der Waals surface area contributed by atoms with E-state index in [1.54, 1.807) is 6.20 Å². The average molecular weight is 378 g/mol. The molecular formula is C23H26N2O3. The number of nitrogens with zero attached hydrogens (tertiary/aromatic N) is 1. The van der Waals surface area contributed by atoms with Crippen molar-refractivity contribution in [1.29, 1.82) is 0 Å². The third-order valence-corrected chi connectivity index (χ3v) is 4.75. The van der Waals surface area contributed by atoms with Gasteiger partial charge < -0.3 is 14.6 Å². The van der Waals surface area contributed by atoms with Crippen molar-refractivity contribution in [2.45, 2.75) is 33.7 Å². The first-order valence-electron chi connectivity index (χ1n) is 9.56. The normalized spacial score (nSPS) is 11.0. The highest BCUT2D eigenvalue weighted by Gasteiger charge is 2.12. The van der Waals surface area contributed by atoms with E-state index in [0.29, 0.717) is 5.92 Å². The van der Waals surface area contributed by atoms with Crippen LogP contribution >= 0.6 is 0 Å². The third kappa shape index (κ3) is 4.60. The Morgan fingerprint density at radius 1 is 1.11 bits per heavy atom. The number of pyridine rings is 1. The number of ether oxygens (including phenoxy) is 1. The number of benzene rings is 2. The van der Waals surface area contributed by atoms with Crippen molar-refractivity contribution in [1.82, 2.24) is 4.57 Å². The number of anilines is 1. The molecule has 5 nitrogen and oxygen atoms in total. The maximum absolute atomic E-state index is 12.4. The lowest BCUT2D eigenvalue weighted by atomic mass is 10.1. The number of fused-ring (bicyclic) bond motifs is 1. The van der Waals surface area contributed by atoms with Gasteiger partial charge in [0.25, 0.3) is 5.91 Å². The second-order valence-corrected chi connectivity index (χ2v) is 7.33. The average Bonchev–Trinajstić information content (AvgIpc) is 2.67. The number of hydrogen-bond acceptors (Lipinski definition) is 3. The molecule has 0 atom stereocenters. The minimum Gasteiger partial charge on any atom is -0.478 e. The summed E-state index contributed by atoms with van der Waals surface area (Å²) < 4.78 is 7.62. The van der Waals surface area contributed by atoms with Crippen LogP contribution < -0.4 is 15.5 Å². The molecule has 1 N–H and O–H groups in total. The summed E-state index contributed by atoms with van der Waals surface area (Å²) >= 11 is 0. The molecule has 0 aliphatic rings. The summed E-state index contributed by atoms with van der Waals surface area (Å²) in [6.07, 6.45) is 2.79. The molecule has 3 aromatic rings. The minimum absolute atomic E-state index is 0.212. The molecule has 0 saturated heterocycles. The molecule has 0 bridgehead atoms. The fraction of sp³-hybridized carbons (Fsp3) is 0.304. The van der Waals surface area contributed by atoms with Gasteiger partial charge in [0.1, 0.15) is 0 Å². The molecule has 2 aromatic carbocycles. The number of rotatable bonds is 7. The Hall–Kier alpha value is -3.08. The smallest absolute Gasteiger partial charge is 0.262 e. The fourth-order valence-corrected chi connectivity index (χ4v) is 3.13. The second-order valence-electron chi connectivity index (χ2n) is 7.33. The molecule has 3 rings (SSSR count). The molecule has 0 spiro atoms. The van der Waals surface area contributed by atoms with Gasteiger partial charge in [-0.05, 0) is 30.7 Å². The third-order valence-electron chi connectivity index (χ3n) is 4.75. The molecule has 5 heteroatoms. The van der Waals surface area contributed by atoms with Crippen molar-refractivity contribution in [3.05, 3.63) is 70.6 Å². The molecule has 1 heterocycles. The maximum atomic E-state index is 12.4. The van der Waals surface area contributed by atoms with Crippen LogP contribution in [-0.4, -0.2) is 17.1 Å². The Morgan fingerprint density at radius 3 is 2.64 bits per heavy atom. The van der Waals surface area contributed by atoms with Crippen LogP contribution in [0.2, 0.25) is 0 Å². The summed E-state index contributed by atoms with van der Waals surface area (Å²) in [5.41, 5.74) is 1.26. The predicted molar refractivity (Wildman–Crippen MR) is 113 cm³/mol. The fourth-order valence-electron chi connectivity index (χ4n) is 3.13. The number of aryl methyl sites for hydroxylation is 1. The quantitative estimate of drug-likeness (QED) is 0.664. The predicted octanol–water partition coefficient (Wildman–Crippen LogP) is 4.37. The van der Waals surface area contributed by atoms with Crippen LogP contribution in [0.1, 0.15) is 26.0 Å². The molecule has 0 fully saturated rings. The van der Waals surface area contributed by atoms with Gasteiger partial charge in [0.15, 0.2) is 12.4 Å². The first-order valence-corrected chi connectivity index (χ1v) is 9.56. The Labute approximate surface area is 165 Å². The van der Waals surface area contributed by atoms with Gasteiger partial charge >= 0.3 is 0 Å². The van der Waals surface area contributed by atoms with Crippen molar-refractivity contribution in [2.75, 3.05) is 11.9 Å². The zero-order valence-corrected chi connectivity index (χ0v) is 16.6. The Bertz CT molecular complexity index is 1030. The zero-order valence-electron chi connectivity index (χ0n) is 16.6.